The van der Waals surface area contributed by atoms with Crippen molar-refractivity contribution in [2.75, 3.05) is 11.9 Å². The zero-order valence-corrected chi connectivity index (χ0v) is 16.2. The first-order valence-electron chi connectivity index (χ1n) is 8.36. The number of thiophene rings is 1. The second kappa shape index (κ2) is 6.76. The molecule has 3 rings (SSSR count). The third-order valence-corrected chi connectivity index (χ3v) is 5.96. The van der Waals surface area contributed by atoms with E-state index in [4.69, 9.17) is 0 Å². The maximum Gasteiger partial charge on any atom is 0.416 e. The predicted molar refractivity (Wildman–Crippen MR) is 101 cm³/mol. The Hall–Kier alpha value is -2.19. The van der Waals surface area contributed by atoms with Crippen LogP contribution in [0.1, 0.15) is 42.8 Å². The van der Waals surface area contributed by atoms with Gasteiger partial charge in [0.15, 0.2) is 0 Å². The Morgan fingerprint density at radius 3 is 2.44 bits per heavy atom. The minimum atomic E-state index is -4.43. The van der Waals surface area contributed by atoms with Crippen molar-refractivity contribution in [3.63, 3.8) is 0 Å². The Bertz CT molecular complexity index is 963. The molecule has 0 aliphatic carbocycles. The summed E-state index contributed by atoms with van der Waals surface area (Å²) in [5, 5.41) is 10.3. The fourth-order valence-electron chi connectivity index (χ4n) is 2.91. The number of nitrogens with zero attached hydrogens (tertiary/aromatic N) is 3. The molecule has 3 aromatic rings. The molecule has 0 spiro atoms. The number of anilines is 1. The molecule has 0 bridgehead atoms. The van der Waals surface area contributed by atoms with Crippen LogP contribution in [0, 0.1) is 0 Å². The van der Waals surface area contributed by atoms with Crippen LogP contribution in [0.4, 0.5) is 19.0 Å². The monoisotopic (exact) mass is 395 g/mol. The van der Waals surface area contributed by atoms with Gasteiger partial charge in [-0.3, -0.25) is 0 Å². The van der Waals surface area contributed by atoms with Crippen LogP contribution in [0.5, 0.6) is 0 Å². The van der Waals surface area contributed by atoms with E-state index in [1.165, 1.54) is 29.8 Å². The standard InChI is InChI=1S/C19H20F3N3OS/c1-11(12-7-5-6-8-13(12)19(20,21)22)25(4)17-16-14(23-10-24-17)9-15(27-16)18(2,3)26/h5-11,26H,1-4H3. The van der Waals surface area contributed by atoms with E-state index in [-0.39, 0.29) is 5.56 Å². The highest BCUT2D eigenvalue weighted by molar-refractivity contribution is 7.19. The lowest BCUT2D eigenvalue weighted by atomic mass is 10.00. The van der Waals surface area contributed by atoms with Crippen LogP contribution in [0.3, 0.4) is 0 Å². The lowest BCUT2D eigenvalue weighted by Crippen LogP contribution is -2.25. The van der Waals surface area contributed by atoms with E-state index in [9.17, 15) is 18.3 Å². The number of fused-ring (bicyclic) bond motifs is 1. The van der Waals surface area contributed by atoms with Gasteiger partial charge in [-0.2, -0.15) is 13.2 Å². The Kier molecular flexibility index (Phi) is 4.90. The number of rotatable bonds is 4. The van der Waals surface area contributed by atoms with Gasteiger partial charge < -0.3 is 10.0 Å². The molecule has 4 nitrogen and oxygen atoms in total. The average Bonchev–Trinajstić information content (AvgIpc) is 3.04. The highest BCUT2D eigenvalue weighted by Crippen LogP contribution is 2.40. The van der Waals surface area contributed by atoms with Crippen LogP contribution < -0.4 is 4.90 Å². The van der Waals surface area contributed by atoms with Crippen molar-refractivity contribution >= 4 is 27.4 Å². The first kappa shape index (κ1) is 19.6. The summed E-state index contributed by atoms with van der Waals surface area (Å²) >= 11 is 1.34. The molecule has 1 atom stereocenters. The quantitative estimate of drug-likeness (QED) is 0.665. The minimum Gasteiger partial charge on any atom is -0.385 e. The summed E-state index contributed by atoms with van der Waals surface area (Å²) in [6, 6.07) is 6.78. The summed E-state index contributed by atoms with van der Waals surface area (Å²) in [7, 11) is 1.71. The fourth-order valence-corrected chi connectivity index (χ4v) is 4.05. The van der Waals surface area contributed by atoms with Gasteiger partial charge in [0.05, 0.1) is 27.4 Å². The van der Waals surface area contributed by atoms with Gasteiger partial charge in [-0.05, 0) is 38.5 Å². The van der Waals surface area contributed by atoms with E-state index < -0.39 is 23.4 Å². The molecule has 2 aromatic heterocycles. The summed E-state index contributed by atoms with van der Waals surface area (Å²) in [6.45, 7) is 5.07. The first-order chi connectivity index (χ1) is 12.5. The van der Waals surface area contributed by atoms with E-state index >= 15 is 0 Å². The van der Waals surface area contributed by atoms with E-state index in [0.717, 1.165) is 15.6 Å². The van der Waals surface area contributed by atoms with Crippen LogP contribution in [0.2, 0.25) is 0 Å². The van der Waals surface area contributed by atoms with E-state index in [2.05, 4.69) is 9.97 Å². The number of hydrogen-bond donors (Lipinski definition) is 1. The molecule has 1 N–H and O–H groups in total. The van der Waals surface area contributed by atoms with E-state index in [1.807, 2.05) is 0 Å². The van der Waals surface area contributed by atoms with Gasteiger partial charge in [-0.25, -0.2) is 9.97 Å². The molecule has 1 unspecified atom stereocenters. The van der Waals surface area contributed by atoms with Crippen LogP contribution in [-0.2, 0) is 11.8 Å². The number of halogens is 3. The smallest absolute Gasteiger partial charge is 0.385 e. The third-order valence-electron chi connectivity index (χ3n) is 4.53. The molecular weight excluding hydrogens is 375 g/mol. The summed E-state index contributed by atoms with van der Waals surface area (Å²) in [5.41, 5.74) is -0.850. The molecule has 1 aromatic carbocycles. The number of alkyl halides is 3. The predicted octanol–water partition coefficient (Wildman–Crippen LogP) is 5.13. The number of aliphatic hydroxyl groups is 1. The molecule has 144 valence electrons. The number of hydrogen-bond acceptors (Lipinski definition) is 5. The fraction of sp³-hybridized carbons (Fsp3) is 0.368. The van der Waals surface area contributed by atoms with Crippen molar-refractivity contribution < 1.29 is 18.3 Å². The lowest BCUT2D eigenvalue weighted by molar-refractivity contribution is -0.138. The van der Waals surface area contributed by atoms with Crippen molar-refractivity contribution in [3.8, 4) is 0 Å². The maximum absolute atomic E-state index is 13.4. The SMILES string of the molecule is CC(c1ccccc1C(F)(F)F)N(C)c1ncnc2cc(C(C)(C)O)sc12. The Morgan fingerprint density at radius 1 is 1.15 bits per heavy atom. The van der Waals surface area contributed by atoms with E-state index in [0.29, 0.717) is 11.3 Å². The molecule has 2 heterocycles. The summed E-state index contributed by atoms with van der Waals surface area (Å²) in [6.07, 6.45) is -3.04. The molecule has 0 fully saturated rings. The molecule has 0 saturated carbocycles. The van der Waals surface area contributed by atoms with Crippen molar-refractivity contribution in [1.82, 2.24) is 9.97 Å². The maximum atomic E-state index is 13.4. The molecule has 27 heavy (non-hydrogen) atoms. The molecule has 0 aliphatic rings. The van der Waals surface area contributed by atoms with Gasteiger partial charge in [0.2, 0.25) is 0 Å². The van der Waals surface area contributed by atoms with Gasteiger partial charge in [0, 0.05) is 11.9 Å². The second-order valence-corrected chi connectivity index (χ2v) is 8.01. The molecule has 0 saturated heterocycles. The van der Waals surface area contributed by atoms with Gasteiger partial charge in [-0.1, -0.05) is 18.2 Å². The van der Waals surface area contributed by atoms with Crippen molar-refractivity contribution in [2.24, 2.45) is 0 Å². The number of benzene rings is 1. The highest BCUT2D eigenvalue weighted by Gasteiger charge is 2.35. The van der Waals surface area contributed by atoms with Gasteiger partial charge in [-0.15, -0.1) is 11.3 Å². The Balaban J connectivity index is 2.07. The Labute approximate surface area is 159 Å². The van der Waals surface area contributed by atoms with Crippen molar-refractivity contribution in [3.05, 3.63) is 52.7 Å². The summed E-state index contributed by atoms with van der Waals surface area (Å²) in [5.74, 6) is 0.532. The van der Waals surface area contributed by atoms with Crippen LogP contribution in [-0.4, -0.2) is 22.1 Å². The second-order valence-electron chi connectivity index (χ2n) is 6.95. The Morgan fingerprint density at radius 2 is 1.81 bits per heavy atom. The highest BCUT2D eigenvalue weighted by atomic mass is 32.1. The molecular formula is C19H20F3N3OS. The van der Waals surface area contributed by atoms with Crippen LogP contribution in [0.15, 0.2) is 36.7 Å². The van der Waals surface area contributed by atoms with Crippen LogP contribution in [0.25, 0.3) is 10.2 Å². The first-order valence-corrected chi connectivity index (χ1v) is 9.18. The molecule has 0 aliphatic heterocycles. The van der Waals surface area contributed by atoms with Gasteiger partial charge in [0.1, 0.15) is 12.1 Å². The van der Waals surface area contributed by atoms with Gasteiger partial charge >= 0.3 is 6.18 Å². The average molecular weight is 395 g/mol. The molecule has 0 amide bonds. The third kappa shape index (κ3) is 3.77. The lowest BCUT2D eigenvalue weighted by Gasteiger charge is -2.28. The number of aromatic nitrogens is 2. The zero-order valence-electron chi connectivity index (χ0n) is 15.4. The van der Waals surface area contributed by atoms with Crippen LogP contribution >= 0.6 is 11.3 Å². The van der Waals surface area contributed by atoms with Crippen molar-refractivity contribution in [1.29, 1.82) is 0 Å². The molecule has 0 radical (unpaired) electrons. The zero-order chi connectivity index (χ0) is 20.0. The minimum absolute atomic E-state index is 0.179. The van der Waals surface area contributed by atoms with Crippen molar-refractivity contribution in [2.45, 2.75) is 38.6 Å². The molecule has 8 heteroatoms. The summed E-state index contributed by atoms with van der Waals surface area (Å²) < 4.78 is 40.9. The topological polar surface area (TPSA) is 49.2 Å². The normalized spacial score (nSPS) is 13.8. The van der Waals surface area contributed by atoms with E-state index in [1.54, 1.807) is 44.9 Å². The summed E-state index contributed by atoms with van der Waals surface area (Å²) in [4.78, 5) is 11.0. The largest absolute Gasteiger partial charge is 0.416 e. The van der Waals surface area contributed by atoms with Gasteiger partial charge in [0.25, 0.3) is 0 Å².